The predicted molar refractivity (Wildman–Crippen MR) is 105 cm³/mol. The number of carbonyl (C=O) groups excluding carboxylic acids is 3. The minimum atomic E-state index is -0.873. The first-order chi connectivity index (χ1) is 13.3. The van der Waals surface area contributed by atoms with Crippen LogP contribution in [0.2, 0.25) is 0 Å². The molecule has 28 heavy (non-hydrogen) atoms. The zero-order chi connectivity index (χ0) is 20.7. The predicted octanol–water partition coefficient (Wildman–Crippen LogP) is 2.25. The molecule has 1 N–H and O–H groups in total. The highest BCUT2D eigenvalue weighted by atomic mass is 16.5. The summed E-state index contributed by atoms with van der Waals surface area (Å²) < 4.78 is 11.0. The van der Waals surface area contributed by atoms with Crippen molar-refractivity contribution in [1.82, 2.24) is 10.2 Å². The molecule has 0 aliphatic carbocycles. The third-order valence-corrected chi connectivity index (χ3v) is 4.81. The number of para-hydroxylation sites is 1. The molecule has 0 saturated carbocycles. The highest BCUT2D eigenvalue weighted by Crippen LogP contribution is 2.26. The molecule has 1 aromatic rings. The topological polar surface area (TPSA) is 84.9 Å². The quantitative estimate of drug-likeness (QED) is 0.688. The van der Waals surface area contributed by atoms with E-state index in [1.54, 1.807) is 6.92 Å². The minimum Gasteiger partial charge on any atom is -0.483 e. The molecule has 7 heteroatoms. The summed E-state index contributed by atoms with van der Waals surface area (Å²) in [5, 5.41) is 2.71. The Kier molecular flexibility index (Phi) is 7.84. The Morgan fingerprint density at radius 2 is 1.96 bits per heavy atom. The van der Waals surface area contributed by atoms with E-state index in [0.717, 1.165) is 5.56 Å². The van der Waals surface area contributed by atoms with Crippen LogP contribution in [0.1, 0.15) is 52.0 Å². The van der Waals surface area contributed by atoms with Gasteiger partial charge in [0.1, 0.15) is 11.8 Å². The van der Waals surface area contributed by atoms with Gasteiger partial charge in [-0.25, -0.2) is 0 Å². The number of benzene rings is 1. The third-order valence-electron chi connectivity index (χ3n) is 4.81. The number of ether oxygens (including phenoxy) is 2. The van der Waals surface area contributed by atoms with Crippen LogP contribution in [-0.4, -0.2) is 54.5 Å². The van der Waals surface area contributed by atoms with Crippen LogP contribution in [0.3, 0.4) is 0 Å². The molecule has 2 unspecified atom stereocenters. The summed E-state index contributed by atoms with van der Waals surface area (Å²) >= 11 is 0. The van der Waals surface area contributed by atoms with Gasteiger partial charge >= 0.3 is 5.97 Å². The van der Waals surface area contributed by atoms with E-state index in [0.29, 0.717) is 25.3 Å². The standard InChI is InChI=1S/C21H30N2O5/c1-5-15(4)28-20(25)12-17-21(26)22-10-11-23(17)19(24)13-27-18-9-7-6-8-16(18)14(2)3/h6-9,14-15,17H,5,10-13H2,1-4H3,(H,22,26). The molecular weight excluding hydrogens is 360 g/mol. The zero-order valence-electron chi connectivity index (χ0n) is 17.1. The van der Waals surface area contributed by atoms with Gasteiger partial charge in [-0.2, -0.15) is 0 Å². The summed E-state index contributed by atoms with van der Waals surface area (Å²) in [5.41, 5.74) is 1.01. The van der Waals surface area contributed by atoms with Crippen LogP contribution in [0.15, 0.2) is 24.3 Å². The highest BCUT2D eigenvalue weighted by Gasteiger charge is 2.35. The van der Waals surface area contributed by atoms with Crippen molar-refractivity contribution in [1.29, 1.82) is 0 Å². The first-order valence-corrected chi connectivity index (χ1v) is 9.81. The van der Waals surface area contributed by atoms with Crippen molar-refractivity contribution in [2.24, 2.45) is 0 Å². The first-order valence-electron chi connectivity index (χ1n) is 9.81. The monoisotopic (exact) mass is 390 g/mol. The molecule has 1 saturated heterocycles. The Morgan fingerprint density at radius 3 is 2.64 bits per heavy atom. The molecule has 1 aromatic carbocycles. The average molecular weight is 390 g/mol. The SMILES string of the molecule is CCC(C)OC(=O)CC1C(=O)NCCN1C(=O)COc1ccccc1C(C)C. The van der Waals surface area contributed by atoms with Gasteiger partial charge in [-0.05, 0) is 30.9 Å². The van der Waals surface area contributed by atoms with Crippen molar-refractivity contribution in [3.8, 4) is 5.75 Å². The lowest BCUT2D eigenvalue weighted by Gasteiger charge is -2.34. The van der Waals surface area contributed by atoms with Gasteiger partial charge in [0.2, 0.25) is 5.91 Å². The molecule has 7 nitrogen and oxygen atoms in total. The maximum absolute atomic E-state index is 12.7. The fourth-order valence-electron chi connectivity index (χ4n) is 3.04. The van der Waals surface area contributed by atoms with Crippen molar-refractivity contribution < 1.29 is 23.9 Å². The van der Waals surface area contributed by atoms with Crippen molar-refractivity contribution in [2.75, 3.05) is 19.7 Å². The lowest BCUT2D eigenvalue weighted by molar-refractivity contribution is -0.155. The third kappa shape index (κ3) is 5.71. The second-order valence-corrected chi connectivity index (χ2v) is 7.29. The van der Waals surface area contributed by atoms with E-state index in [4.69, 9.17) is 9.47 Å². The van der Waals surface area contributed by atoms with Crippen LogP contribution in [0.5, 0.6) is 5.75 Å². The van der Waals surface area contributed by atoms with E-state index < -0.39 is 12.0 Å². The maximum atomic E-state index is 12.7. The summed E-state index contributed by atoms with van der Waals surface area (Å²) in [5.74, 6) is -0.242. The lowest BCUT2D eigenvalue weighted by atomic mass is 10.0. The smallest absolute Gasteiger partial charge is 0.308 e. The second-order valence-electron chi connectivity index (χ2n) is 7.29. The van der Waals surface area contributed by atoms with E-state index in [9.17, 15) is 14.4 Å². The number of esters is 1. The van der Waals surface area contributed by atoms with Crippen molar-refractivity contribution in [3.05, 3.63) is 29.8 Å². The summed E-state index contributed by atoms with van der Waals surface area (Å²) in [6, 6.07) is 6.70. The number of carbonyl (C=O) groups is 3. The largest absolute Gasteiger partial charge is 0.483 e. The second kappa shape index (κ2) is 10.1. The lowest BCUT2D eigenvalue weighted by Crippen LogP contribution is -2.58. The van der Waals surface area contributed by atoms with Gasteiger partial charge in [0.15, 0.2) is 6.61 Å². The van der Waals surface area contributed by atoms with Crippen LogP contribution < -0.4 is 10.1 Å². The average Bonchev–Trinajstić information content (AvgIpc) is 2.67. The first kappa shape index (κ1) is 21.7. The molecule has 2 amide bonds. The van der Waals surface area contributed by atoms with E-state index in [-0.39, 0.29) is 36.9 Å². The summed E-state index contributed by atoms with van der Waals surface area (Å²) in [4.78, 5) is 38.5. The normalized spacial score (nSPS) is 17.8. The number of nitrogens with zero attached hydrogens (tertiary/aromatic N) is 1. The molecule has 1 aliphatic heterocycles. The summed E-state index contributed by atoms with van der Waals surface area (Å²) in [6.07, 6.45) is 0.304. The molecule has 0 radical (unpaired) electrons. The van der Waals surface area contributed by atoms with E-state index in [1.807, 2.05) is 31.2 Å². The number of nitrogens with one attached hydrogen (secondary N) is 1. The Morgan fingerprint density at radius 1 is 1.25 bits per heavy atom. The molecule has 0 spiro atoms. The Labute approximate surface area is 166 Å². The van der Waals surface area contributed by atoms with Gasteiger partial charge in [0.05, 0.1) is 12.5 Å². The molecule has 2 atom stereocenters. The Hall–Kier alpha value is -2.57. The molecule has 0 bridgehead atoms. The number of hydrogen-bond donors (Lipinski definition) is 1. The number of rotatable bonds is 8. The van der Waals surface area contributed by atoms with Crippen LogP contribution in [0, 0.1) is 0 Å². The molecule has 0 aromatic heterocycles. The van der Waals surface area contributed by atoms with Gasteiger partial charge in [0.25, 0.3) is 5.91 Å². The number of amides is 2. The molecule has 1 fully saturated rings. The van der Waals surface area contributed by atoms with Crippen LogP contribution in [-0.2, 0) is 19.1 Å². The van der Waals surface area contributed by atoms with Gasteiger partial charge in [0, 0.05) is 13.1 Å². The fraction of sp³-hybridized carbons (Fsp3) is 0.571. The molecular formula is C21H30N2O5. The minimum absolute atomic E-state index is 0.162. The Balaban J connectivity index is 2.03. The van der Waals surface area contributed by atoms with Crippen molar-refractivity contribution in [2.45, 2.75) is 58.6 Å². The van der Waals surface area contributed by atoms with Gasteiger partial charge in [-0.15, -0.1) is 0 Å². The zero-order valence-corrected chi connectivity index (χ0v) is 17.1. The van der Waals surface area contributed by atoms with E-state index in [2.05, 4.69) is 19.2 Å². The fourth-order valence-corrected chi connectivity index (χ4v) is 3.04. The summed E-state index contributed by atoms with van der Waals surface area (Å²) in [6.45, 7) is 8.31. The van der Waals surface area contributed by atoms with Gasteiger partial charge < -0.3 is 19.7 Å². The van der Waals surface area contributed by atoms with Gasteiger partial charge in [-0.3, -0.25) is 14.4 Å². The van der Waals surface area contributed by atoms with Crippen LogP contribution in [0.4, 0.5) is 0 Å². The Bertz CT molecular complexity index is 704. The van der Waals surface area contributed by atoms with E-state index in [1.165, 1.54) is 4.90 Å². The molecule has 1 aliphatic rings. The number of hydrogen-bond acceptors (Lipinski definition) is 5. The molecule has 154 valence electrons. The molecule has 1 heterocycles. The van der Waals surface area contributed by atoms with Crippen LogP contribution in [0.25, 0.3) is 0 Å². The van der Waals surface area contributed by atoms with Crippen molar-refractivity contribution in [3.63, 3.8) is 0 Å². The highest BCUT2D eigenvalue weighted by molar-refractivity contribution is 5.92. The van der Waals surface area contributed by atoms with Crippen LogP contribution >= 0.6 is 0 Å². The van der Waals surface area contributed by atoms with Crippen molar-refractivity contribution >= 4 is 17.8 Å². The summed E-state index contributed by atoms with van der Waals surface area (Å²) in [7, 11) is 0. The maximum Gasteiger partial charge on any atom is 0.308 e. The molecule has 2 rings (SSSR count). The van der Waals surface area contributed by atoms with Gasteiger partial charge in [-0.1, -0.05) is 39.0 Å². The van der Waals surface area contributed by atoms with E-state index >= 15 is 0 Å². The number of piperazine rings is 1.